The van der Waals surface area contributed by atoms with Crippen molar-refractivity contribution in [2.45, 2.75) is 4.90 Å². The van der Waals surface area contributed by atoms with Gasteiger partial charge in [0.15, 0.2) is 17.5 Å². The van der Waals surface area contributed by atoms with Crippen molar-refractivity contribution in [1.29, 1.82) is 0 Å². The maximum atomic E-state index is 13.6. The number of hydrogen-bond donors (Lipinski definition) is 2. The van der Waals surface area contributed by atoms with Gasteiger partial charge in [0.25, 0.3) is 10.0 Å². The molecule has 21 heavy (non-hydrogen) atoms. The first-order chi connectivity index (χ1) is 9.70. The Labute approximate surface area is 117 Å². The number of rotatable bonds is 3. The van der Waals surface area contributed by atoms with Crippen LogP contribution in [0.2, 0.25) is 0 Å². The van der Waals surface area contributed by atoms with E-state index in [4.69, 9.17) is 5.73 Å². The van der Waals surface area contributed by atoms with Gasteiger partial charge >= 0.3 is 0 Å². The third kappa shape index (κ3) is 3.07. The molecule has 0 aliphatic heterocycles. The summed E-state index contributed by atoms with van der Waals surface area (Å²) >= 11 is 0. The zero-order valence-corrected chi connectivity index (χ0v) is 11.0. The highest BCUT2D eigenvalue weighted by atomic mass is 32.2. The van der Waals surface area contributed by atoms with Gasteiger partial charge in [-0.2, -0.15) is 0 Å². The largest absolute Gasteiger partial charge is 0.399 e. The van der Waals surface area contributed by atoms with Crippen molar-refractivity contribution in [3.8, 4) is 0 Å². The predicted molar refractivity (Wildman–Crippen MR) is 67.9 cm³/mol. The summed E-state index contributed by atoms with van der Waals surface area (Å²) in [5.41, 5.74) is 4.71. The Morgan fingerprint density at radius 3 is 2.00 bits per heavy atom. The first-order valence-corrected chi connectivity index (χ1v) is 6.91. The Balaban J connectivity index is 2.42. The Bertz CT molecular complexity index is 786. The molecule has 9 heteroatoms. The Hall–Kier alpha value is -2.29. The molecule has 0 saturated carbocycles. The minimum absolute atomic E-state index is 0.00493. The van der Waals surface area contributed by atoms with Crippen molar-refractivity contribution in [1.82, 2.24) is 0 Å². The topological polar surface area (TPSA) is 72.2 Å². The van der Waals surface area contributed by atoms with Crippen LogP contribution in [0, 0.1) is 23.3 Å². The normalized spacial score (nSPS) is 11.4. The summed E-state index contributed by atoms with van der Waals surface area (Å²) in [4.78, 5) is -0.762. The monoisotopic (exact) mass is 320 g/mol. The van der Waals surface area contributed by atoms with Gasteiger partial charge in [0.05, 0.1) is 5.69 Å². The summed E-state index contributed by atoms with van der Waals surface area (Å²) in [7, 11) is -4.44. The second-order valence-corrected chi connectivity index (χ2v) is 5.70. The molecule has 3 N–H and O–H groups in total. The van der Waals surface area contributed by atoms with Crippen LogP contribution in [0.4, 0.5) is 28.9 Å². The molecule has 2 rings (SSSR count). The third-order valence-corrected chi connectivity index (χ3v) is 3.90. The Kier molecular flexibility index (Phi) is 3.77. The van der Waals surface area contributed by atoms with Gasteiger partial charge in [-0.05, 0) is 18.2 Å². The molecule has 0 aliphatic rings. The zero-order valence-electron chi connectivity index (χ0n) is 10.2. The minimum Gasteiger partial charge on any atom is -0.399 e. The summed E-state index contributed by atoms with van der Waals surface area (Å²) in [6, 6.07) is 3.68. The van der Waals surface area contributed by atoms with E-state index in [1.807, 2.05) is 0 Å². The van der Waals surface area contributed by atoms with Crippen LogP contribution >= 0.6 is 0 Å². The van der Waals surface area contributed by atoms with E-state index in [2.05, 4.69) is 0 Å². The first-order valence-electron chi connectivity index (χ1n) is 5.43. The van der Waals surface area contributed by atoms with Gasteiger partial charge in [0.1, 0.15) is 10.7 Å². The molecule has 0 heterocycles. The second kappa shape index (κ2) is 5.24. The summed E-state index contributed by atoms with van der Waals surface area (Å²) in [5.74, 6) is -6.03. The molecule has 0 aromatic heterocycles. The highest BCUT2D eigenvalue weighted by Gasteiger charge is 2.21. The van der Waals surface area contributed by atoms with Crippen molar-refractivity contribution >= 4 is 21.4 Å². The maximum absolute atomic E-state index is 13.6. The van der Waals surface area contributed by atoms with Crippen LogP contribution in [0.25, 0.3) is 0 Å². The molecule has 0 amide bonds. The number of hydrogen-bond acceptors (Lipinski definition) is 3. The molecular formula is C12H8F4N2O2S. The van der Waals surface area contributed by atoms with Crippen molar-refractivity contribution in [3.05, 3.63) is 53.6 Å². The Morgan fingerprint density at radius 2 is 1.48 bits per heavy atom. The fraction of sp³-hybridized carbons (Fsp3) is 0. The zero-order chi connectivity index (χ0) is 15.8. The number of nitrogen functional groups attached to an aromatic ring is 1. The molecule has 0 aliphatic carbocycles. The molecule has 2 aromatic carbocycles. The fourth-order valence-corrected chi connectivity index (χ4v) is 2.66. The molecule has 0 saturated heterocycles. The van der Waals surface area contributed by atoms with Gasteiger partial charge in [-0.15, -0.1) is 0 Å². The molecule has 0 radical (unpaired) electrons. The fourth-order valence-electron chi connectivity index (χ4n) is 1.56. The van der Waals surface area contributed by atoms with Gasteiger partial charge in [-0.3, -0.25) is 4.72 Å². The summed E-state index contributed by atoms with van der Waals surface area (Å²) < 4.78 is 77.9. The summed E-state index contributed by atoms with van der Waals surface area (Å²) in [6.45, 7) is 0. The van der Waals surface area contributed by atoms with Gasteiger partial charge in [0, 0.05) is 17.8 Å². The minimum atomic E-state index is -4.44. The van der Waals surface area contributed by atoms with E-state index in [1.54, 1.807) is 4.72 Å². The van der Waals surface area contributed by atoms with E-state index in [-0.39, 0.29) is 5.69 Å². The lowest BCUT2D eigenvalue weighted by Gasteiger charge is -2.10. The predicted octanol–water partition coefficient (Wildman–Crippen LogP) is 2.63. The molecule has 0 atom stereocenters. The molecule has 112 valence electrons. The van der Waals surface area contributed by atoms with Gasteiger partial charge in [-0.25, -0.2) is 26.0 Å². The number of anilines is 2. The van der Waals surface area contributed by atoms with Gasteiger partial charge in [-0.1, -0.05) is 0 Å². The summed E-state index contributed by atoms with van der Waals surface area (Å²) in [5, 5.41) is 0. The van der Waals surface area contributed by atoms with Gasteiger partial charge in [0.2, 0.25) is 0 Å². The van der Waals surface area contributed by atoms with Gasteiger partial charge < -0.3 is 5.73 Å². The highest BCUT2D eigenvalue weighted by Crippen LogP contribution is 2.23. The average Bonchev–Trinajstić information content (AvgIpc) is 2.34. The van der Waals surface area contributed by atoms with Crippen LogP contribution in [0.15, 0.2) is 35.2 Å². The van der Waals surface area contributed by atoms with Crippen LogP contribution in [0.5, 0.6) is 0 Å². The first kappa shape index (κ1) is 15.1. The molecule has 2 aromatic rings. The maximum Gasteiger partial charge on any atom is 0.264 e. The van der Waals surface area contributed by atoms with Crippen LogP contribution in [0.1, 0.15) is 0 Å². The molecular weight excluding hydrogens is 312 g/mol. The van der Waals surface area contributed by atoms with Crippen molar-refractivity contribution in [2.75, 3.05) is 10.5 Å². The van der Waals surface area contributed by atoms with Crippen LogP contribution in [0.3, 0.4) is 0 Å². The smallest absolute Gasteiger partial charge is 0.264 e. The van der Waals surface area contributed by atoms with Crippen molar-refractivity contribution in [2.24, 2.45) is 0 Å². The van der Waals surface area contributed by atoms with E-state index in [0.29, 0.717) is 12.1 Å². The summed E-state index contributed by atoms with van der Waals surface area (Å²) in [6.07, 6.45) is 0. The number of nitrogens with one attached hydrogen (secondary N) is 1. The van der Waals surface area contributed by atoms with Crippen molar-refractivity contribution < 1.29 is 26.0 Å². The lowest BCUT2D eigenvalue weighted by atomic mass is 10.3. The van der Waals surface area contributed by atoms with Crippen LogP contribution in [-0.2, 0) is 10.0 Å². The van der Waals surface area contributed by atoms with Crippen LogP contribution in [-0.4, -0.2) is 8.42 Å². The number of halogens is 4. The standard InChI is InChI=1S/C12H8F4N2O2S/c13-8-3-6(17)1-2-11(8)21(19,20)18-7-4-9(14)12(16)10(15)5-7/h1-5,18H,17H2. The molecule has 0 unspecified atom stereocenters. The van der Waals surface area contributed by atoms with Crippen LogP contribution < -0.4 is 10.5 Å². The van der Waals surface area contributed by atoms with E-state index < -0.39 is 43.9 Å². The lowest BCUT2D eigenvalue weighted by Crippen LogP contribution is -2.15. The quantitative estimate of drug-likeness (QED) is 0.519. The second-order valence-electron chi connectivity index (χ2n) is 4.05. The van der Waals surface area contributed by atoms with E-state index in [1.165, 1.54) is 0 Å². The lowest BCUT2D eigenvalue weighted by molar-refractivity contribution is 0.448. The third-order valence-electron chi connectivity index (χ3n) is 2.48. The van der Waals surface area contributed by atoms with E-state index >= 15 is 0 Å². The van der Waals surface area contributed by atoms with Crippen molar-refractivity contribution in [3.63, 3.8) is 0 Å². The average molecular weight is 320 g/mol. The van der Waals surface area contributed by atoms with E-state index in [0.717, 1.165) is 18.2 Å². The SMILES string of the molecule is Nc1ccc(S(=O)(=O)Nc2cc(F)c(F)c(F)c2)c(F)c1. The number of sulfonamides is 1. The highest BCUT2D eigenvalue weighted by molar-refractivity contribution is 7.92. The molecule has 0 bridgehead atoms. The number of nitrogens with two attached hydrogens (primary N) is 1. The van der Waals surface area contributed by atoms with E-state index in [9.17, 15) is 26.0 Å². The number of benzene rings is 2. The molecule has 0 spiro atoms. The Morgan fingerprint density at radius 1 is 0.905 bits per heavy atom. The molecule has 4 nitrogen and oxygen atoms in total. The molecule has 0 fully saturated rings.